The molecule has 374 valence electrons. The van der Waals surface area contributed by atoms with Gasteiger partial charge in [-0.25, -0.2) is 15.0 Å². The molecule has 1 spiro atoms. The summed E-state index contributed by atoms with van der Waals surface area (Å²) in [5, 5.41) is 2.49. The van der Waals surface area contributed by atoms with E-state index in [-0.39, 0.29) is 5.92 Å². The van der Waals surface area contributed by atoms with Gasteiger partial charge in [0, 0.05) is 33.2 Å². The van der Waals surface area contributed by atoms with Crippen LogP contribution in [0.25, 0.3) is 106 Å². The number of nitrogens with zero attached hydrogens (tertiary/aromatic N) is 4. The van der Waals surface area contributed by atoms with Crippen LogP contribution < -0.4 is 0 Å². The summed E-state index contributed by atoms with van der Waals surface area (Å²) < 4.78 is 2.40. The molecule has 0 aliphatic heterocycles. The molecule has 15 rings (SSSR count). The lowest BCUT2D eigenvalue weighted by Gasteiger charge is -2.32. The third kappa shape index (κ3) is 7.39. The first-order valence-electron chi connectivity index (χ1n) is 27.7. The van der Waals surface area contributed by atoms with Gasteiger partial charge in [0.1, 0.15) is 0 Å². The molecule has 2 heterocycles. The molecule has 1 unspecified atom stereocenters. The molecule has 0 N–H and O–H groups in total. The maximum absolute atomic E-state index is 5.13. The highest BCUT2D eigenvalue weighted by Gasteiger charge is 2.52. The van der Waals surface area contributed by atoms with Gasteiger partial charge in [-0.2, -0.15) is 0 Å². The van der Waals surface area contributed by atoms with Crippen LogP contribution >= 0.6 is 0 Å². The summed E-state index contributed by atoms with van der Waals surface area (Å²) in [4.78, 5) is 15.3. The van der Waals surface area contributed by atoms with E-state index in [0.29, 0.717) is 17.5 Å². The Hall–Kier alpha value is -9.77. The monoisotopic (exact) mass is 1010 g/mol. The number of hydrogen-bond donors (Lipinski definition) is 0. The van der Waals surface area contributed by atoms with Crippen LogP contribution in [0.15, 0.2) is 261 Å². The minimum absolute atomic E-state index is 0.190. The molecule has 0 bridgehead atoms. The van der Waals surface area contributed by atoms with Gasteiger partial charge in [-0.15, -0.1) is 0 Å². The Labute approximate surface area is 461 Å². The quantitative estimate of drug-likeness (QED) is 0.137. The minimum Gasteiger partial charge on any atom is -0.309 e. The molecule has 0 fully saturated rings. The fourth-order valence-electron chi connectivity index (χ4n) is 13.6. The van der Waals surface area contributed by atoms with Gasteiger partial charge in [-0.1, -0.05) is 225 Å². The first-order chi connectivity index (χ1) is 39.0. The Morgan fingerprint density at radius 1 is 0.380 bits per heavy atom. The van der Waals surface area contributed by atoms with E-state index in [1.165, 1.54) is 105 Å². The van der Waals surface area contributed by atoms with E-state index < -0.39 is 5.41 Å². The second-order valence-electron chi connectivity index (χ2n) is 21.3. The van der Waals surface area contributed by atoms with Crippen molar-refractivity contribution in [2.75, 3.05) is 0 Å². The van der Waals surface area contributed by atoms with Crippen LogP contribution in [0.5, 0.6) is 0 Å². The molecule has 0 radical (unpaired) electrons. The van der Waals surface area contributed by atoms with Crippen molar-refractivity contribution in [1.29, 1.82) is 0 Å². The Balaban J connectivity index is 0.905. The van der Waals surface area contributed by atoms with Crippen LogP contribution in [0.3, 0.4) is 0 Å². The molecule has 0 saturated heterocycles. The second-order valence-corrected chi connectivity index (χ2v) is 21.3. The summed E-state index contributed by atoms with van der Waals surface area (Å²) in [6.07, 6.45) is 1.79. The van der Waals surface area contributed by atoms with Gasteiger partial charge in [-0.05, 0) is 152 Å². The van der Waals surface area contributed by atoms with E-state index in [0.717, 1.165) is 35.2 Å². The zero-order valence-electron chi connectivity index (χ0n) is 44.1. The molecular weight excluding hydrogens is 957 g/mol. The molecule has 11 aromatic carbocycles. The summed E-state index contributed by atoms with van der Waals surface area (Å²) in [5.41, 5.74) is 25.5. The summed E-state index contributed by atoms with van der Waals surface area (Å²) >= 11 is 0. The zero-order valence-corrected chi connectivity index (χ0v) is 44.1. The van der Waals surface area contributed by atoms with Crippen molar-refractivity contribution in [2.24, 2.45) is 0 Å². The summed E-state index contributed by atoms with van der Waals surface area (Å²) in [7, 11) is 0. The van der Waals surface area contributed by atoms with E-state index in [9.17, 15) is 0 Å². The minimum atomic E-state index is -0.463. The normalized spacial score (nSPS) is 13.1. The lowest BCUT2D eigenvalue weighted by molar-refractivity contribution is 0.662. The zero-order chi connectivity index (χ0) is 52.6. The van der Waals surface area contributed by atoms with Crippen LogP contribution in [-0.4, -0.2) is 19.5 Å². The molecule has 4 nitrogen and oxygen atoms in total. The van der Waals surface area contributed by atoms with Crippen molar-refractivity contribution in [1.82, 2.24) is 19.5 Å². The van der Waals surface area contributed by atoms with Gasteiger partial charge in [0.2, 0.25) is 0 Å². The highest BCUT2D eigenvalue weighted by molar-refractivity contribution is 6.10. The molecule has 2 aromatic heterocycles. The van der Waals surface area contributed by atoms with Crippen LogP contribution in [0.1, 0.15) is 58.2 Å². The molecule has 4 heteroatoms. The van der Waals surface area contributed by atoms with Crippen molar-refractivity contribution in [3.05, 3.63) is 300 Å². The summed E-state index contributed by atoms with van der Waals surface area (Å²) in [6.45, 7) is 4.75. The van der Waals surface area contributed by atoms with Crippen molar-refractivity contribution in [2.45, 2.75) is 38.0 Å². The predicted octanol–water partition coefficient (Wildman–Crippen LogP) is 18.7. The van der Waals surface area contributed by atoms with Crippen LogP contribution in [0.4, 0.5) is 0 Å². The van der Waals surface area contributed by atoms with E-state index in [1.54, 1.807) is 0 Å². The van der Waals surface area contributed by atoms with Crippen LogP contribution in [-0.2, 0) is 11.8 Å². The average molecular weight is 1010 g/mol. The average Bonchev–Trinajstić information content (AvgIpc) is 4.34. The van der Waals surface area contributed by atoms with Crippen LogP contribution in [0, 0.1) is 6.92 Å². The first kappa shape index (κ1) is 46.5. The first-order valence-corrected chi connectivity index (χ1v) is 27.7. The van der Waals surface area contributed by atoms with Gasteiger partial charge >= 0.3 is 0 Å². The maximum Gasteiger partial charge on any atom is 0.164 e. The molecule has 79 heavy (non-hydrogen) atoms. The van der Waals surface area contributed by atoms with Crippen LogP contribution in [0.2, 0.25) is 0 Å². The van der Waals surface area contributed by atoms with Crippen molar-refractivity contribution in [3.8, 4) is 84.4 Å². The van der Waals surface area contributed by atoms with E-state index in [1.807, 2.05) is 36.4 Å². The standard InChI is InChI=1S/C75H54N4/c1-3-50(44-49-22-21-27-55(45-49)74-77-72(51-23-7-4-8-24-51)76-73(78-74)52-25-9-5-10-26-52)58-40-38-53(54-39-43-70-65(47-54)62-33-16-20-37-69(62)79(70)56-28-11-6-12-29-56)46-64(58)57-41-42-63-61-32-15-19-36-68(61)75(71(63)48(57)2)66-34-17-13-30-59(66)60-31-14-18-35-67(60)75/h4-43,45-47,50H,3,44H2,1-2H3. The van der Waals surface area contributed by atoms with E-state index in [2.05, 4.69) is 243 Å². The Morgan fingerprint density at radius 3 is 1.53 bits per heavy atom. The number of aromatic nitrogens is 4. The van der Waals surface area contributed by atoms with Crippen molar-refractivity contribution < 1.29 is 0 Å². The number of fused-ring (bicyclic) bond motifs is 13. The molecule has 13 aromatic rings. The van der Waals surface area contributed by atoms with Gasteiger partial charge in [0.15, 0.2) is 17.5 Å². The smallest absolute Gasteiger partial charge is 0.164 e. The molecular formula is C75H54N4. The molecule has 0 saturated carbocycles. The fraction of sp³-hybridized carbons (Fsp3) is 0.0800. The number of para-hydroxylation sites is 2. The largest absolute Gasteiger partial charge is 0.309 e. The lowest BCUT2D eigenvalue weighted by atomic mass is 9.68. The highest BCUT2D eigenvalue weighted by Crippen LogP contribution is 2.64. The molecule has 1 atom stereocenters. The predicted molar refractivity (Wildman–Crippen MR) is 326 cm³/mol. The number of rotatable bonds is 10. The Kier molecular flexibility index (Phi) is 11.0. The van der Waals surface area contributed by atoms with Gasteiger partial charge in [-0.3, -0.25) is 0 Å². The molecule has 2 aliphatic rings. The molecule has 2 aliphatic carbocycles. The van der Waals surface area contributed by atoms with Crippen molar-refractivity contribution >= 4 is 21.8 Å². The lowest BCUT2D eigenvalue weighted by Crippen LogP contribution is -2.27. The number of hydrogen-bond acceptors (Lipinski definition) is 3. The van der Waals surface area contributed by atoms with Crippen molar-refractivity contribution in [3.63, 3.8) is 0 Å². The Bertz CT molecular complexity index is 4390. The fourth-order valence-corrected chi connectivity index (χ4v) is 13.6. The SMILES string of the molecule is CCC(Cc1cccc(-c2nc(-c3ccccc3)nc(-c3ccccc3)n2)c1)c1ccc(-c2ccc3c(c2)c2ccccc2n3-c2ccccc2)cc1-c1ccc2c(c1C)C1(c3ccccc3-c3ccccc31)c1ccccc1-2. The Morgan fingerprint density at radius 2 is 0.886 bits per heavy atom. The third-order valence-corrected chi connectivity index (χ3v) is 17.1. The highest BCUT2D eigenvalue weighted by atomic mass is 15.0. The van der Waals surface area contributed by atoms with E-state index in [4.69, 9.17) is 15.0 Å². The maximum atomic E-state index is 5.13. The van der Waals surface area contributed by atoms with Gasteiger partial charge in [0.25, 0.3) is 0 Å². The number of benzene rings is 11. The second kappa shape index (κ2) is 18.8. The summed E-state index contributed by atoms with van der Waals surface area (Å²) in [5.74, 6) is 2.17. The van der Waals surface area contributed by atoms with E-state index >= 15 is 0 Å². The molecule has 0 amide bonds. The van der Waals surface area contributed by atoms with Gasteiger partial charge < -0.3 is 4.57 Å². The summed E-state index contributed by atoms with van der Waals surface area (Å²) in [6, 6.07) is 95.5. The topological polar surface area (TPSA) is 43.6 Å². The van der Waals surface area contributed by atoms with Gasteiger partial charge in [0.05, 0.1) is 16.4 Å². The third-order valence-electron chi connectivity index (χ3n) is 17.1.